The number of hydrogen-bond acceptors (Lipinski definition) is 3. The van der Waals surface area contributed by atoms with E-state index in [0.717, 1.165) is 17.0 Å². The van der Waals surface area contributed by atoms with E-state index in [1.807, 2.05) is 38.1 Å². The van der Waals surface area contributed by atoms with Crippen LogP contribution in [0.5, 0.6) is 5.75 Å². The van der Waals surface area contributed by atoms with Crippen LogP contribution in [0.1, 0.15) is 42.3 Å². The lowest BCUT2D eigenvalue weighted by atomic mass is 10.1. The van der Waals surface area contributed by atoms with Crippen LogP contribution in [0.25, 0.3) is 0 Å². The SMILES string of the molecule is CC(=NNC(=O)c1ccc(OCC(C)C)cc1)c1ccc(C)cc1. The lowest BCUT2D eigenvalue weighted by Crippen LogP contribution is -2.19. The Hall–Kier alpha value is -2.62. The van der Waals surface area contributed by atoms with Gasteiger partial charge in [0.15, 0.2) is 0 Å². The fraction of sp³-hybridized carbons (Fsp3) is 0.300. The summed E-state index contributed by atoms with van der Waals surface area (Å²) in [7, 11) is 0. The largest absolute Gasteiger partial charge is 0.493 e. The zero-order chi connectivity index (χ0) is 17.5. The monoisotopic (exact) mass is 324 g/mol. The summed E-state index contributed by atoms with van der Waals surface area (Å²) < 4.78 is 5.61. The van der Waals surface area contributed by atoms with Crippen molar-refractivity contribution in [1.29, 1.82) is 0 Å². The maximum atomic E-state index is 12.2. The van der Waals surface area contributed by atoms with Gasteiger partial charge in [0.05, 0.1) is 12.3 Å². The van der Waals surface area contributed by atoms with Crippen LogP contribution in [0.15, 0.2) is 53.6 Å². The van der Waals surface area contributed by atoms with E-state index in [-0.39, 0.29) is 5.91 Å². The first-order chi connectivity index (χ1) is 11.5. The third kappa shape index (κ3) is 5.23. The van der Waals surface area contributed by atoms with E-state index in [1.54, 1.807) is 24.3 Å². The number of nitrogens with one attached hydrogen (secondary N) is 1. The summed E-state index contributed by atoms with van der Waals surface area (Å²) in [4.78, 5) is 12.2. The van der Waals surface area contributed by atoms with Crippen molar-refractivity contribution >= 4 is 11.6 Å². The molecule has 0 saturated carbocycles. The van der Waals surface area contributed by atoms with Gasteiger partial charge >= 0.3 is 0 Å². The summed E-state index contributed by atoms with van der Waals surface area (Å²) in [6.07, 6.45) is 0. The van der Waals surface area contributed by atoms with Gasteiger partial charge in [0.1, 0.15) is 5.75 Å². The molecule has 0 fully saturated rings. The quantitative estimate of drug-likeness (QED) is 0.640. The number of rotatable bonds is 6. The number of carbonyl (C=O) groups is 1. The van der Waals surface area contributed by atoms with Crippen molar-refractivity contribution in [2.45, 2.75) is 27.7 Å². The Morgan fingerprint density at radius 1 is 1.04 bits per heavy atom. The van der Waals surface area contributed by atoms with E-state index < -0.39 is 0 Å². The Labute approximate surface area is 143 Å². The second-order valence-electron chi connectivity index (χ2n) is 6.23. The van der Waals surface area contributed by atoms with E-state index >= 15 is 0 Å². The molecule has 1 N–H and O–H groups in total. The number of hydrogen-bond donors (Lipinski definition) is 1. The van der Waals surface area contributed by atoms with Gasteiger partial charge in [-0.2, -0.15) is 5.10 Å². The zero-order valence-corrected chi connectivity index (χ0v) is 14.7. The third-order valence-electron chi connectivity index (χ3n) is 3.49. The van der Waals surface area contributed by atoms with E-state index in [4.69, 9.17) is 4.74 Å². The van der Waals surface area contributed by atoms with Crippen LogP contribution in [0, 0.1) is 12.8 Å². The van der Waals surface area contributed by atoms with Gasteiger partial charge in [0, 0.05) is 5.56 Å². The van der Waals surface area contributed by atoms with Gasteiger partial charge in [-0.1, -0.05) is 43.7 Å². The van der Waals surface area contributed by atoms with Crippen molar-refractivity contribution in [3.05, 3.63) is 65.2 Å². The van der Waals surface area contributed by atoms with Gasteiger partial charge in [-0.25, -0.2) is 5.43 Å². The Morgan fingerprint density at radius 3 is 2.21 bits per heavy atom. The molecule has 0 aromatic heterocycles. The molecule has 24 heavy (non-hydrogen) atoms. The predicted octanol–water partition coefficient (Wildman–Crippen LogP) is 4.18. The molecule has 0 heterocycles. The normalized spacial score (nSPS) is 11.5. The summed E-state index contributed by atoms with van der Waals surface area (Å²) >= 11 is 0. The van der Waals surface area contributed by atoms with E-state index in [1.165, 1.54) is 5.56 Å². The first-order valence-electron chi connectivity index (χ1n) is 8.10. The van der Waals surface area contributed by atoms with Gasteiger partial charge < -0.3 is 4.74 Å². The van der Waals surface area contributed by atoms with Gasteiger partial charge in [-0.05, 0) is 49.6 Å². The van der Waals surface area contributed by atoms with Crippen LogP contribution in [-0.2, 0) is 0 Å². The van der Waals surface area contributed by atoms with E-state index in [9.17, 15) is 4.79 Å². The number of hydrazone groups is 1. The molecular weight excluding hydrogens is 300 g/mol. The summed E-state index contributed by atoms with van der Waals surface area (Å²) in [5, 5.41) is 4.17. The summed E-state index contributed by atoms with van der Waals surface area (Å²) in [5.74, 6) is 0.989. The number of ether oxygens (including phenoxy) is 1. The lowest BCUT2D eigenvalue weighted by molar-refractivity contribution is 0.0955. The van der Waals surface area contributed by atoms with Crippen molar-refractivity contribution in [3.63, 3.8) is 0 Å². The molecule has 2 aromatic carbocycles. The molecular formula is C20H24N2O2. The second kappa shape index (κ2) is 8.29. The molecule has 0 radical (unpaired) electrons. The minimum Gasteiger partial charge on any atom is -0.493 e. The minimum absolute atomic E-state index is 0.239. The molecule has 2 rings (SSSR count). The lowest BCUT2D eigenvalue weighted by Gasteiger charge is -2.09. The molecule has 4 nitrogen and oxygen atoms in total. The third-order valence-corrected chi connectivity index (χ3v) is 3.49. The van der Waals surface area contributed by atoms with Crippen molar-refractivity contribution in [2.75, 3.05) is 6.61 Å². The average Bonchev–Trinajstić information content (AvgIpc) is 2.58. The van der Waals surface area contributed by atoms with Crippen LogP contribution < -0.4 is 10.2 Å². The second-order valence-corrected chi connectivity index (χ2v) is 6.23. The molecule has 0 atom stereocenters. The maximum absolute atomic E-state index is 12.2. The van der Waals surface area contributed by atoms with Gasteiger partial charge in [0.2, 0.25) is 0 Å². The van der Waals surface area contributed by atoms with Gasteiger partial charge in [-0.3, -0.25) is 4.79 Å². The number of amides is 1. The Bertz CT molecular complexity index is 701. The summed E-state index contributed by atoms with van der Waals surface area (Å²) in [6, 6.07) is 15.1. The van der Waals surface area contributed by atoms with Crippen LogP contribution in [0.4, 0.5) is 0 Å². The van der Waals surface area contributed by atoms with Crippen molar-refractivity contribution < 1.29 is 9.53 Å². The highest BCUT2D eigenvalue weighted by atomic mass is 16.5. The Morgan fingerprint density at radius 2 is 1.62 bits per heavy atom. The topological polar surface area (TPSA) is 50.7 Å². The molecule has 0 bridgehead atoms. The van der Waals surface area contributed by atoms with Gasteiger partial charge in [-0.15, -0.1) is 0 Å². The first kappa shape index (κ1) is 17.7. The highest BCUT2D eigenvalue weighted by Gasteiger charge is 2.06. The van der Waals surface area contributed by atoms with Crippen molar-refractivity contribution in [2.24, 2.45) is 11.0 Å². The minimum atomic E-state index is -0.239. The molecule has 0 aliphatic rings. The zero-order valence-electron chi connectivity index (χ0n) is 14.7. The van der Waals surface area contributed by atoms with Crippen LogP contribution >= 0.6 is 0 Å². The predicted molar refractivity (Wildman–Crippen MR) is 97.6 cm³/mol. The summed E-state index contributed by atoms with van der Waals surface area (Å²) in [6.45, 7) is 8.75. The highest BCUT2D eigenvalue weighted by Crippen LogP contribution is 2.13. The molecule has 1 amide bonds. The van der Waals surface area contributed by atoms with Gasteiger partial charge in [0.25, 0.3) is 5.91 Å². The molecule has 2 aromatic rings. The molecule has 0 aliphatic heterocycles. The first-order valence-corrected chi connectivity index (χ1v) is 8.10. The number of carbonyl (C=O) groups excluding carboxylic acids is 1. The number of nitrogens with zero attached hydrogens (tertiary/aromatic N) is 1. The molecule has 0 spiro atoms. The molecule has 0 unspecified atom stereocenters. The van der Waals surface area contributed by atoms with Crippen LogP contribution in [-0.4, -0.2) is 18.2 Å². The fourth-order valence-corrected chi connectivity index (χ4v) is 2.02. The highest BCUT2D eigenvalue weighted by molar-refractivity contribution is 6.00. The Kier molecular flexibility index (Phi) is 6.13. The van der Waals surface area contributed by atoms with Crippen molar-refractivity contribution in [3.8, 4) is 5.75 Å². The van der Waals surface area contributed by atoms with Crippen LogP contribution in [0.3, 0.4) is 0 Å². The number of benzene rings is 2. The molecule has 126 valence electrons. The smallest absolute Gasteiger partial charge is 0.271 e. The van der Waals surface area contributed by atoms with E-state index in [2.05, 4.69) is 24.4 Å². The standard InChI is InChI=1S/C20H24N2O2/c1-14(2)13-24-19-11-9-18(10-12-19)20(23)22-21-16(4)17-7-5-15(3)6-8-17/h5-12,14H,13H2,1-4H3,(H,22,23). The van der Waals surface area contributed by atoms with Crippen molar-refractivity contribution in [1.82, 2.24) is 5.43 Å². The summed E-state index contributed by atoms with van der Waals surface area (Å²) in [5.41, 5.74) is 6.08. The maximum Gasteiger partial charge on any atom is 0.271 e. The fourth-order valence-electron chi connectivity index (χ4n) is 2.02. The van der Waals surface area contributed by atoms with E-state index in [0.29, 0.717) is 18.1 Å². The molecule has 0 aliphatic carbocycles. The Balaban J connectivity index is 1.96. The number of aryl methyl sites for hydroxylation is 1. The molecule has 4 heteroatoms. The molecule has 0 saturated heterocycles. The van der Waals surface area contributed by atoms with Crippen LogP contribution in [0.2, 0.25) is 0 Å². The average molecular weight is 324 g/mol.